The molecule has 1 aromatic rings. The first-order valence-electron chi connectivity index (χ1n) is 4.77. The molecule has 15 heavy (non-hydrogen) atoms. The lowest BCUT2D eigenvalue weighted by atomic mass is 10.0. The van der Waals surface area contributed by atoms with E-state index in [1.807, 2.05) is 13.8 Å². The zero-order chi connectivity index (χ0) is 11.6. The maximum Gasteiger partial charge on any atom is 0.328 e. The minimum atomic E-state index is -0.529. The molecule has 1 aromatic heterocycles. The molecule has 2 N–H and O–H groups in total. The number of hydrogen-bond donors (Lipinski definition) is 1. The average Bonchev–Trinajstić information content (AvgIpc) is 2.63. The van der Waals surface area contributed by atoms with Crippen LogP contribution in [0.5, 0.6) is 0 Å². The Hall–Kier alpha value is -1.36. The number of esters is 1. The van der Waals surface area contributed by atoms with Crippen molar-refractivity contribution in [3.63, 3.8) is 0 Å². The van der Waals surface area contributed by atoms with Crippen molar-refractivity contribution in [2.24, 2.45) is 5.73 Å². The van der Waals surface area contributed by atoms with Crippen LogP contribution < -0.4 is 5.73 Å². The Labute approximate surface area is 89.2 Å². The van der Waals surface area contributed by atoms with E-state index < -0.39 is 11.6 Å². The van der Waals surface area contributed by atoms with E-state index in [-0.39, 0.29) is 5.97 Å². The fourth-order valence-electron chi connectivity index (χ4n) is 1.40. The van der Waals surface area contributed by atoms with E-state index in [0.29, 0.717) is 0 Å². The van der Waals surface area contributed by atoms with E-state index in [2.05, 4.69) is 9.72 Å². The number of ether oxygens (including phenoxy) is 1. The Morgan fingerprint density at radius 3 is 2.73 bits per heavy atom. The largest absolute Gasteiger partial charge is 0.467 e. The predicted octanol–water partition coefficient (Wildman–Crippen LogP) is 0.811. The maximum absolute atomic E-state index is 11.4. The van der Waals surface area contributed by atoms with Crippen LogP contribution in [-0.2, 0) is 15.1 Å². The summed E-state index contributed by atoms with van der Waals surface area (Å²) in [5.41, 5.74) is 6.25. The van der Waals surface area contributed by atoms with Crippen molar-refractivity contribution >= 4 is 5.97 Å². The highest BCUT2D eigenvalue weighted by Gasteiger charge is 2.24. The van der Waals surface area contributed by atoms with Crippen LogP contribution in [0.1, 0.15) is 32.5 Å². The first kappa shape index (κ1) is 11.7. The van der Waals surface area contributed by atoms with Gasteiger partial charge in [0.1, 0.15) is 6.04 Å². The molecule has 0 radical (unpaired) electrons. The van der Waals surface area contributed by atoms with Crippen LogP contribution >= 0.6 is 0 Å². The van der Waals surface area contributed by atoms with E-state index in [9.17, 15) is 4.79 Å². The van der Waals surface area contributed by atoms with Crippen LogP contribution in [-0.4, -0.2) is 22.6 Å². The standard InChI is InChI=1S/C10H17N3O2/c1-7(9(14)15-4)13-6-12-5-8(13)10(2,3)11/h5-7H,11H2,1-4H3. The average molecular weight is 211 g/mol. The number of hydrogen-bond acceptors (Lipinski definition) is 4. The number of imidazole rings is 1. The van der Waals surface area contributed by atoms with Crippen LogP contribution in [0.3, 0.4) is 0 Å². The Bertz CT molecular complexity index is 352. The van der Waals surface area contributed by atoms with Gasteiger partial charge in [0.2, 0.25) is 0 Å². The summed E-state index contributed by atoms with van der Waals surface area (Å²) < 4.78 is 6.40. The minimum absolute atomic E-state index is 0.307. The van der Waals surface area contributed by atoms with Gasteiger partial charge >= 0.3 is 5.97 Å². The number of aromatic nitrogens is 2. The van der Waals surface area contributed by atoms with Gasteiger partial charge in [-0.1, -0.05) is 0 Å². The number of nitrogens with two attached hydrogens (primary N) is 1. The minimum Gasteiger partial charge on any atom is -0.467 e. The van der Waals surface area contributed by atoms with E-state index in [0.717, 1.165) is 5.69 Å². The van der Waals surface area contributed by atoms with Crippen molar-refractivity contribution in [1.82, 2.24) is 9.55 Å². The summed E-state index contributed by atoms with van der Waals surface area (Å²) in [6, 6.07) is -0.407. The zero-order valence-corrected chi connectivity index (χ0v) is 9.52. The lowest BCUT2D eigenvalue weighted by Gasteiger charge is -2.23. The second-order valence-corrected chi connectivity index (χ2v) is 4.11. The molecular weight excluding hydrogens is 194 g/mol. The highest BCUT2D eigenvalue weighted by atomic mass is 16.5. The lowest BCUT2D eigenvalue weighted by Crippen LogP contribution is -2.33. The van der Waals surface area contributed by atoms with Gasteiger partial charge in [0.05, 0.1) is 30.9 Å². The summed E-state index contributed by atoms with van der Waals surface area (Å²) >= 11 is 0. The Kier molecular flexibility index (Phi) is 3.14. The number of methoxy groups -OCH3 is 1. The molecule has 0 fully saturated rings. The second kappa shape index (κ2) is 4.02. The number of nitrogens with zero attached hydrogens (tertiary/aromatic N) is 2. The molecule has 0 aliphatic rings. The molecule has 0 bridgehead atoms. The number of carbonyl (C=O) groups is 1. The van der Waals surface area contributed by atoms with Gasteiger partial charge in [-0.3, -0.25) is 0 Å². The summed E-state index contributed by atoms with van der Waals surface area (Å²) in [5, 5.41) is 0. The summed E-state index contributed by atoms with van der Waals surface area (Å²) in [4.78, 5) is 15.4. The van der Waals surface area contributed by atoms with Crippen LogP contribution in [0.15, 0.2) is 12.5 Å². The smallest absolute Gasteiger partial charge is 0.328 e. The van der Waals surface area contributed by atoms with E-state index in [1.54, 1.807) is 24.0 Å². The van der Waals surface area contributed by atoms with Gasteiger partial charge in [-0.05, 0) is 20.8 Å². The van der Waals surface area contributed by atoms with Gasteiger partial charge < -0.3 is 15.0 Å². The third kappa shape index (κ3) is 2.36. The first-order chi connectivity index (χ1) is 6.88. The van der Waals surface area contributed by atoms with Gasteiger partial charge in [0.15, 0.2) is 0 Å². The van der Waals surface area contributed by atoms with Gasteiger partial charge in [-0.2, -0.15) is 0 Å². The molecule has 1 atom stereocenters. The van der Waals surface area contributed by atoms with Crippen LogP contribution in [0.2, 0.25) is 0 Å². The quantitative estimate of drug-likeness (QED) is 0.751. The Balaban J connectivity index is 3.05. The van der Waals surface area contributed by atoms with Gasteiger partial charge in [0.25, 0.3) is 0 Å². The summed E-state index contributed by atoms with van der Waals surface area (Å²) in [5.74, 6) is -0.307. The van der Waals surface area contributed by atoms with Crippen molar-refractivity contribution in [3.8, 4) is 0 Å². The number of rotatable bonds is 3. The summed E-state index contributed by atoms with van der Waals surface area (Å²) in [6.45, 7) is 5.48. The van der Waals surface area contributed by atoms with Crippen LogP contribution in [0.4, 0.5) is 0 Å². The predicted molar refractivity (Wildman–Crippen MR) is 56.2 cm³/mol. The first-order valence-corrected chi connectivity index (χ1v) is 4.77. The molecule has 0 aliphatic carbocycles. The summed E-state index contributed by atoms with van der Waals surface area (Å²) in [6.07, 6.45) is 3.25. The third-order valence-corrected chi connectivity index (χ3v) is 2.29. The van der Waals surface area contributed by atoms with Crippen LogP contribution in [0.25, 0.3) is 0 Å². The van der Waals surface area contributed by atoms with Crippen molar-refractivity contribution in [2.45, 2.75) is 32.4 Å². The molecule has 0 saturated carbocycles. The third-order valence-electron chi connectivity index (χ3n) is 2.29. The molecule has 0 aromatic carbocycles. The summed E-state index contributed by atoms with van der Waals surface area (Å²) in [7, 11) is 1.36. The fraction of sp³-hybridized carbons (Fsp3) is 0.600. The van der Waals surface area contributed by atoms with E-state index in [1.165, 1.54) is 7.11 Å². The second-order valence-electron chi connectivity index (χ2n) is 4.11. The van der Waals surface area contributed by atoms with Crippen molar-refractivity contribution in [1.29, 1.82) is 0 Å². The van der Waals surface area contributed by atoms with E-state index >= 15 is 0 Å². The molecule has 0 saturated heterocycles. The lowest BCUT2D eigenvalue weighted by molar-refractivity contribution is -0.144. The molecule has 5 nitrogen and oxygen atoms in total. The normalized spacial score (nSPS) is 13.7. The van der Waals surface area contributed by atoms with Crippen molar-refractivity contribution in [3.05, 3.63) is 18.2 Å². The molecular formula is C10H17N3O2. The monoisotopic (exact) mass is 211 g/mol. The van der Waals surface area contributed by atoms with Crippen molar-refractivity contribution < 1.29 is 9.53 Å². The van der Waals surface area contributed by atoms with Crippen LogP contribution in [0, 0.1) is 0 Å². The van der Waals surface area contributed by atoms with Gasteiger partial charge in [0, 0.05) is 0 Å². The Morgan fingerprint density at radius 1 is 1.67 bits per heavy atom. The van der Waals surface area contributed by atoms with E-state index in [4.69, 9.17) is 5.73 Å². The molecule has 1 unspecified atom stereocenters. The molecule has 0 amide bonds. The van der Waals surface area contributed by atoms with Gasteiger partial charge in [-0.15, -0.1) is 0 Å². The zero-order valence-electron chi connectivity index (χ0n) is 9.52. The molecule has 5 heteroatoms. The molecule has 1 heterocycles. The van der Waals surface area contributed by atoms with Crippen molar-refractivity contribution in [2.75, 3.05) is 7.11 Å². The highest BCUT2D eigenvalue weighted by Crippen LogP contribution is 2.20. The fourth-order valence-corrected chi connectivity index (χ4v) is 1.40. The molecule has 0 aliphatic heterocycles. The Morgan fingerprint density at radius 2 is 2.27 bits per heavy atom. The topological polar surface area (TPSA) is 70.1 Å². The number of carbonyl (C=O) groups excluding carboxylic acids is 1. The SMILES string of the molecule is COC(=O)C(C)n1cncc1C(C)(C)N. The molecule has 1 rings (SSSR count). The highest BCUT2D eigenvalue weighted by molar-refractivity contribution is 5.73. The molecule has 84 valence electrons. The van der Waals surface area contributed by atoms with Gasteiger partial charge in [-0.25, -0.2) is 9.78 Å². The maximum atomic E-state index is 11.4. The molecule has 0 spiro atoms.